The van der Waals surface area contributed by atoms with E-state index in [1.165, 1.54) is 6.08 Å². The van der Waals surface area contributed by atoms with E-state index in [9.17, 15) is 19.2 Å². The molecule has 3 N–H and O–H groups in total. The van der Waals surface area contributed by atoms with Gasteiger partial charge in [-0.1, -0.05) is 6.58 Å². The lowest BCUT2D eigenvalue weighted by atomic mass is 9.98. The maximum absolute atomic E-state index is 12.8. The molecule has 168 valence electrons. The summed E-state index contributed by atoms with van der Waals surface area (Å²) in [5, 5.41) is 14.0. The van der Waals surface area contributed by atoms with Gasteiger partial charge >= 0.3 is 6.09 Å². The fraction of sp³-hybridized carbons (Fsp3) is 0.700. The van der Waals surface area contributed by atoms with Gasteiger partial charge in [0.15, 0.2) is 0 Å². The fourth-order valence-corrected chi connectivity index (χ4v) is 3.73. The second kappa shape index (κ2) is 12.2. The number of carboxylic acid groups (broad SMARTS) is 1. The van der Waals surface area contributed by atoms with E-state index in [1.54, 1.807) is 9.80 Å². The number of carbonyl (C=O) groups excluding carboxylic acids is 3. The number of hydrogen-bond acceptors (Lipinski definition) is 5. The Bertz CT molecular complexity index is 627. The maximum Gasteiger partial charge on any atom is 0.405 e. The maximum atomic E-state index is 12.8. The third-order valence-corrected chi connectivity index (χ3v) is 5.47. The summed E-state index contributed by atoms with van der Waals surface area (Å²) >= 11 is 0. The van der Waals surface area contributed by atoms with Crippen LogP contribution in [0.25, 0.3) is 0 Å². The van der Waals surface area contributed by atoms with Crippen molar-refractivity contribution < 1.29 is 29.0 Å². The number of rotatable bonds is 9. The topological polar surface area (TPSA) is 128 Å². The van der Waals surface area contributed by atoms with Gasteiger partial charge < -0.3 is 30.3 Å². The molecule has 0 aromatic carbocycles. The largest absolute Gasteiger partial charge is 0.465 e. The predicted octanol–water partition coefficient (Wildman–Crippen LogP) is 0.193. The Kier molecular flexibility index (Phi) is 9.59. The van der Waals surface area contributed by atoms with Gasteiger partial charge in [-0.3, -0.25) is 14.4 Å². The van der Waals surface area contributed by atoms with Crippen LogP contribution in [0.5, 0.6) is 0 Å². The number of nitrogens with zero attached hydrogens (tertiary/aromatic N) is 2. The van der Waals surface area contributed by atoms with Gasteiger partial charge in [0.25, 0.3) is 0 Å². The van der Waals surface area contributed by atoms with Crippen LogP contribution in [0.4, 0.5) is 4.79 Å². The Morgan fingerprint density at radius 1 is 1.07 bits per heavy atom. The number of ether oxygens (including phenoxy) is 1. The zero-order chi connectivity index (χ0) is 21.9. The number of nitrogens with one attached hydrogen (secondary N) is 2. The van der Waals surface area contributed by atoms with Crippen LogP contribution in [-0.2, 0) is 19.1 Å². The predicted molar refractivity (Wildman–Crippen MR) is 109 cm³/mol. The average molecular weight is 424 g/mol. The number of amides is 4. The van der Waals surface area contributed by atoms with Crippen molar-refractivity contribution in [2.75, 3.05) is 45.9 Å². The molecule has 2 aliphatic rings. The minimum atomic E-state index is -1.25. The van der Waals surface area contributed by atoms with Crippen LogP contribution in [0, 0.1) is 5.92 Å². The van der Waals surface area contributed by atoms with E-state index in [1.807, 2.05) is 0 Å². The van der Waals surface area contributed by atoms with Crippen LogP contribution >= 0.6 is 0 Å². The Hall–Kier alpha value is -2.62. The molecule has 0 aromatic heterocycles. The monoisotopic (exact) mass is 424 g/mol. The number of piperazine rings is 1. The average Bonchev–Trinajstić information content (AvgIpc) is 2.77. The van der Waals surface area contributed by atoms with Gasteiger partial charge in [-0.05, 0) is 38.2 Å². The van der Waals surface area contributed by atoms with Crippen molar-refractivity contribution in [3.8, 4) is 0 Å². The zero-order valence-electron chi connectivity index (χ0n) is 17.3. The Balaban J connectivity index is 1.79. The lowest BCUT2D eigenvalue weighted by Crippen LogP contribution is -2.56. The van der Waals surface area contributed by atoms with Crippen molar-refractivity contribution in [3.63, 3.8) is 0 Å². The molecule has 2 fully saturated rings. The highest BCUT2D eigenvalue weighted by molar-refractivity contribution is 5.87. The van der Waals surface area contributed by atoms with Gasteiger partial charge in [-0.25, -0.2) is 4.79 Å². The minimum absolute atomic E-state index is 0.0102. The van der Waals surface area contributed by atoms with Crippen molar-refractivity contribution in [2.45, 2.75) is 38.1 Å². The zero-order valence-corrected chi connectivity index (χ0v) is 17.3. The van der Waals surface area contributed by atoms with Gasteiger partial charge in [0.1, 0.15) is 6.04 Å². The van der Waals surface area contributed by atoms with E-state index in [0.29, 0.717) is 65.2 Å². The van der Waals surface area contributed by atoms with Crippen molar-refractivity contribution in [1.82, 2.24) is 20.4 Å². The first-order valence-corrected chi connectivity index (χ1v) is 10.5. The molecule has 0 aliphatic carbocycles. The quantitative estimate of drug-likeness (QED) is 0.358. The van der Waals surface area contributed by atoms with Crippen molar-refractivity contribution >= 4 is 23.8 Å². The second-order valence-corrected chi connectivity index (χ2v) is 7.53. The summed E-state index contributed by atoms with van der Waals surface area (Å²) in [7, 11) is 0. The Morgan fingerprint density at radius 2 is 1.70 bits per heavy atom. The van der Waals surface area contributed by atoms with Gasteiger partial charge in [-0.15, -0.1) is 0 Å². The fourth-order valence-electron chi connectivity index (χ4n) is 3.73. The molecule has 0 unspecified atom stereocenters. The molecule has 10 nitrogen and oxygen atoms in total. The summed E-state index contributed by atoms with van der Waals surface area (Å²) in [5.41, 5.74) is 0. The molecular weight excluding hydrogens is 392 g/mol. The Labute approximate surface area is 176 Å². The molecule has 0 bridgehead atoms. The highest BCUT2D eigenvalue weighted by atomic mass is 16.5. The molecular formula is C20H32N4O6. The van der Waals surface area contributed by atoms with E-state index < -0.39 is 12.1 Å². The molecule has 2 aliphatic heterocycles. The van der Waals surface area contributed by atoms with Crippen LogP contribution < -0.4 is 10.6 Å². The van der Waals surface area contributed by atoms with Crippen LogP contribution in [0.1, 0.15) is 32.1 Å². The van der Waals surface area contributed by atoms with E-state index in [2.05, 4.69) is 17.2 Å². The summed E-state index contributed by atoms with van der Waals surface area (Å²) in [4.78, 5) is 51.1. The summed E-state index contributed by atoms with van der Waals surface area (Å²) in [6.45, 7) is 6.71. The van der Waals surface area contributed by atoms with Gasteiger partial charge in [-0.2, -0.15) is 0 Å². The van der Waals surface area contributed by atoms with Crippen LogP contribution in [0.3, 0.4) is 0 Å². The molecule has 0 aromatic rings. The van der Waals surface area contributed by atoms with E-state index >= 15 is 0 Å². The highest BCUT2D eigenvalue weighted by Crippen LogP contribution is 2.19. The van der Waals surface area contributed by atoms with E-state index in [0.717, 1.165) is 12.8 Å². The second-order valence-electron chi connectivity index (χ2n) is 7.53. The first kappa shape index (κ1) is 23.7. The number of carbonyl (C=O) groups is 4. The van der Waals surface area contributed by atoms with Crippen LogP contribution in [-0.4, -0.2) is 90.7 Å². The first-order chi connectivity index (χ1) is 14.4. The number of hydrogen-bond donors (Lipinski definition) is 3. The van der Waals surface area contributed by atoms with Crippen molar-refractivity contribution in [2.24, 2.45) is 5.92 Å². The lowest BCUT2D eigenvalue weighted by molar-refractivity contribution is -0.144. The molecule has 4 amide bonds. The summed E-state index contributed by atoms with van der Waals surface area (Å²) < 4.78 is 5.31. The molecule has 0 spiro atoms. The molecule has 0 saturated carbocycles. The molecule has 30 heavy (non-hydrogen) atoms. The van der Waals surface area contributed by atoms with Crippen molar-refractivity contribution in [3.05, 3.63) is 12.7 Å². The van der Waals surface area contributed by atoms with Crippen LogP contribution in [0.15, 0.2) is 12.7 Å². The van der Waals surface area contributed by atoms with Gasteiger partial charge in [0.05, 0.1) is 0 Å². The molecule has 2 rings (SSSR count). The molecule has 2 saturated heterocycles. The lowest BCUT2D eigenvalue weighted by Gasteiger charge is -2.38. The first-order valence-electron chi connectivity index (χ1n) is 10.5. The smallest absolute Gasteiger partial charge is 0.405 e. The summed E-state index contributed by atoms with van der Waals surface area (Å²) in [6, 6.07) is -0.838. The number of unbranched alkanes of at least 4 members (excludes halogenated alkanes) is 1. The molecule has 0 radical (unpaired) electrons. The molecule has 2 heterocycles. The highest BCUT2D eigenvalue weighted by Gasteiger charge is 2.32. The van der Waals surface area contributed by atoms with Gasteiger partial charge in [0, 0.05) is 51.9 Å². The van der Waals surface area contributed by atoms with E-state index in [-0.39, 0.29) is 23.6 Å². The van der Waals surface area contributed by atoms with Crippen molar-refractivity contribution in [1.29, 1.82) is 0 Å². The minimum Gasteiger partial charge on any atom is -0.465 e. The van der Waals surface area contributed by atoms with Gasteiger partial charge in [0.2, 0.25) is 17.7 Å². The SMILES string of the molecule is C=CC(=O)NCCCC[C@H](NC(=O)O)C(=O)N1CCN(C(=O)C2CCOCC2)CC1. The molecule has 10 heteroatoms. The Morgan fingerprint density at radius 3 is 2.30 bits per heavy atom. The molecule has 1 atom stereocenters. The third kappa shape index (κ3) is 7.33. The standard InChI is InChI=1S/C20H32N4O6/c1-2-17(25)21-8-4-3-5-16(22-20(28)29)19(27)24-11-9-23(10-12-24)18(26)15-6-13-30-14-7-15/h2,15-16,22H,1,3-14H2,(H,21,25)(H,28,29)/t16-/m0/s1. The normalized spacial score (nSPS) is 18.4. The third-order valence-electron chi connectivity index (χ3n) is 5.47. The van der Waals surface area contributed by atoms with Crippen LogP contribution in [0.2, 0.25) is 0 Å². The summed E-state index contributed by atoms with van der Waals surface area (Å²) in [5.74, 6) is -0.429. The summed E-state index contributed by atoms with van der Waals surface area (Å²) in [6.07, 6.45) is 2.95. The van der Waals surface area contributed by atoms with E-state index in [4.69, 9.17) is 9.84 Å².